The van der Waals surface area contributed by atoms with E-state index >= 15 is 0 Å². The van der Waals surface area contributed by atoms with E-state index in [1.165, 1.54) is 47.8 Å². The zero-order valence-corrected chi connectivity index (χ0v) is 12.5. The number of hydrogen-bond acceptors (Lipinski definition) is 2. The number of thiophene rings is 1. The van der Waals surface area contributed by atoms with E-state index in [9.17, 15) is 0 Å². The highest BCUT2D eigenvalue weighted by atomic mass is 32.1. The lowest BCUT2D eigenvalue weighted by atomic mass is 9.80. The SMILES string of the molecule is CCNC(Cc1csc2ccccc12)CC1CCC1. The molecule has 0 bridgehead atoms. The van der Waals surface area contributed by atoms with Crippen molar-refractivity contribution in [2.24, 2.45) is 5.92 Å². The Hall–Kier alpha value is -0.860. The van der Waals surface area contributed by atoms with Crippen molar-refractivity contribution in [3.63, 3.8) is 0 Å². The molecule has 1 aromatic heterocycles. The Morgan fingerprint density at radius 2 is 2.16 bits per heavy atom. The second kappa shape index (κ2) is 6.06. The lowest BCUT2D eigenvalue weighted by molar-refractivity contribution is 0.260. The van der Waals surface area contributed by atoms with Crippen LogP contribution in [0.3, 0.4) is 0 Å². The zero-order valence-electron chi connectivity index (χ0n) is 11.7. The highest BCUT2D eigenvalue weighted by Crippen LogP contribution is 2.32. The molecule has 0 aliphatic heterocycles. The molecule has 1 N–H and O–H groups in total. The molecule has 19 heavy (non-hydrogen) atoms. The first-order valence-corrected chi connectivity index (χ1v) is 8.43. The molecule has 0 radical (unpaired) electrons. The van der Waals surface area contributed by atoms with Gasteiger partial charge in [-0.1, -0.05) is 44.4 Å². The molecule has 3 rings (SSSR count). The van der Waals surface area contributed by atoms with Crippen LogP contribution in [-0.2, 0) is 6.42 Å². The normalized spacial score (nSPS) is 17.5. The number of hydrogen-bond donors (Lipinski definition) is 1. The molecule has 1 aliphatic rings. The molecular weight excluding hydrogens is 250 g/mol. The van der Waals surface area contributed by atoms with Gasteiger partial charge >= 0.3 is 0 Å². The average Bonchev–Trinajstić information content (AvgIpc) is 2.78. The van der Waals surface area contributed by atoms with Gasteiger partial charge in [0, 0.05) is 10.7 Å². The van der Waals surface area contributed by atoms with Crippen LogP contribution in [0.2, 0.25) is 0 Å². The van der Waals surface area contributed by atoms with Gasteiger partial charge in [0.1, 0.15) is 0 Å². The summed E-state index contributed by atoms with van der Waals surface area (Å²) >= 11 is 1.88. The van der Waals surface area contributed by atoms with E-state index in [0.29, 0.717) is 6.04 Å². The Balaban J connectivity index is 1.72. The minimum absolute atomic E-state index is 0.660. The molecule has 1 aliphatic carbocycles. The van der Waals surface area contributed by atoms with Crippen LogP contribution in [0.4, 0.5) is 0 Å². The molecule has 1 nitrogen and oxygen atoms in total. The van der Waals surface area contributed by atoms with Gasteiger partial charge in [0.2, 0.25) is 0 Å². The molecule has 102 valence electrons. The predicted molar refractivity (Wildman–Crippen MR) is 85.0 cm³/mol. The van der Waals surface area contributed by atoms with Gasteiger partial charge in [-0.3, -0.25) is 0 Å². The highest BCUT2D eigenvalue weighted by Gasteiger charge is 2.22. The van der Waals surface area contributed by atoms with Gasteiger partial charge in [0.15, 0.2) is 0 Å². The summed E-state index contributed by atoms with van der Waals surface area (Å²) in [5.74, 6) is 0.981. The van der Waals surface area contributed by atoms with Crippen molar-refractivity contribution < 1.29 is 0 Å². The standard InChI is InChI=1S/C17H23NS/c1-2-18-15(10-13-6-5-7-13)11-14-12-19-17-9-4-3-8-16(14)17/h3-4,8-9,12-13,15,18H,2,5-7,10-11H2,1H3. The van der Waals surface area contributed by atoms with E-state index in [0.717, 1.165) is 12.5 Å². The van der Waals surface area contributed by atoms with Crippen molar-refractivity contribution in [3.8, 4) is 0 Å². The van der Waals surface area contributed by atoms with Crippen molar-refractivity contribution in [2.75, 3.05) is 6.54 Å². The molecule has 0 spiro atoms. The van der Waals surface area contributed by atoms with E-state index in [4.69, 9.17) is 0 Å². The van der Waals surface area contributed by atoms with Gasteiger partial charge in [0.25, 0.3) is 0 Å². The van der Waals surface area contributed by atoms with Crippen LogP contribution in [0, 0.1) is 5.92 Å². The third-order valence-electron chi connectivity index (χ3n) is 4.36. The lowest BCUT2D eigenvalue weighted by Gasteiger charge is -2.30. The lowest BCUT2D eigenvalue weighted by Crippen LogP contribution is -2.34. The molecule has 2 heteroatoms. The molecule has 1 fully saturated rings. The van der Waals surface area contributed by atoms with Gasteiger partial charge in [0.05, 0.1) is 0 Å². The summed E-state index contributed by atoms with van der Waals surface area (Å²) in [5.41, 5.74) is 1.53. The summed E-state index contributed by atoms with van der Waals surface area (Å²) in [6.07, 6.45) is 6.90. The Bertz CT molecular complexity index is 527. The fraction of sp³-hybridized carbons (Fsp3) is 0.529. The first kappa shape index (κ1) is 13.1. The van der Waals surface area contributed by atoms with Crippen LogP contribution in [-0.4, -0.2) is 12.6 Å². The van der Waals surface area contributed by atoms with E-state index in [-0.39, 0.29) is 0 Å². The number of benzene rings is 1. The van der Waals surface area contributed by atoms with Crippen molar-refractivity contribution >= 4 is 21.4 Å². The van der Waals surface area contributed by atoms with Crippen LogP contribution in [0.15, 0.2) is 29.6 Å². The smallest absolute Gasteiger partial charge is 0.0345 e. The predicted octanol–water partition coefficient (Wildman–Crippen LogP) is 4.61. The Labute approximate surface area is 120 Å². The number of nitrogens with one attached hydrogen (secondary N) is 1. The molecule has 1 aromatic carbocycles. The van der Waals surface area contributed by atoms with E-state index < -0.39 is 0 Å². The Kier molecular flexibility index (Phi) is 4.19. The highest BCUT2D eigenvalue weighted by molar-refractivity contribution is 7.17. The fourth-order valence-corrected chi connectivity index (χ4v) is 4.09. The molecule has 1 heterocycles. The van der Waals surface area contributed by atoms with Crippen LogP contribution in [0.5, 0.6) is 0 Å². The molecule has 2 aromatic rings. The monoisotopic (exact) mass is 273 g/mol. The Morgan fingerprint density at radius 1 is 1.32 bits per heavy atom. The number of likely N-dealkylation sites (N-methyl/N-ethyl adjacent to an activating group) is 1. The second-order valence-electron chi connectivity index (χ2n) is 5.75. The number of fused-ring (bicyclic) bond motifs is 1. The van der Waals surface area contributed by atoms with Crippen molar-refractivity contribution in [1.82, 2.24) is 5.32 Å². The first-order valence-electron chi connectivity index (χ1n) is 7.55. The maximum atomic E-state index is 3.69. The van der Waals surface area contributed by atoms with Gasteiger partial charge in [-0.25, -0.2) is 0 Å². The molecule has 0 amide bonds. The molecule has 0 saturated heterocycles. The van der Waals surface area contributed by atoms with Gasteiger partial charge in [-0.15, -0.1) is 11.3 Å². The van der Waals surface area contributed by atoms with Crippen LogP contribution in [0.1, 0.15) is 38.2 Å². The molecule has 1 atom stereocenters. The fourth-order valence-electron chi connectivity index (χ4n) is 3.11. The molecule has 1 unspecified atom stereocenters. The van der Waals surface area contributed by atoms with Gasteiger partial charge < -0.3 is 5.32 Å². The summed E-state index contributed by atoms with van der Waals surface area (Å²) in [5, 5.41) is 7.51. The minimum Gasteiger partial charge on any atom is -0.314 e. The van der Waals surface area contributed by atoms with Crippen LogP contribution < -0.4 is 5.32 Å². The summed E-state index contributed by atoms with van der Waals surface area (Å²) in [7, 11) is 0. The molecular formula is C17H23NS. The van der Waals surface area contributed by atoms with Gasteiger partial charge in [-0.2, -0.15) is 0 Å². The van der Waals surface area contributed by atoms with E-state index in [2.05, 4.69) is 41.9 Å². The summed E-state index contributed by atoms with van der Waals surface area (Å²) < 4.78 is 1.43. The van der Waals surface area contributed by atoms with E-state index in [1.54, 1.807) is 0 Å². The third-order valence-corrected chi connectivity index (χ3v) is 5.38. The molecule has 1 saturated carbocycles. The largest absolute Gasteiger partial charge is 0.314 e. The van der Waals surface area contributed by atoms with Crippen LogP contribution >= 0.6 is 11.3 Å². The summed E-state index contributed by atoms with van der Waals surface area (Å²) in [6.45, 7) is 3.30. The van der Waals surface area contributed by atoms with Crippen molar-refractivity contribution in [1.29, 1.82) is 0 Å². The maximum Gasteiger partial charge on any atom is 0.0345 e. The summed E-state index contributed by atoms with van der Waals surface area (Å²) in [4.78, 5) is 0. The quantitative estimate of drug-likeness (QED) is 0.810. The van der Waals surface area contributed by atoms with Crippen LogP contribution in [0.25, 0.3) is 10.1 Å². The second-order valence-corrected chi connectivity index (χ2v) is 6.66. The summed E-state index contributed by atoms with van der Waals surface area (Å²) in [6, 6.07) is 9.46. The zero-order chi connectivity index (χ0) is 13.1. The van der Waals surface area contributed by atoms with Crippen molar-refractivity contribution in [3.05, 3.63) is 35.2 Å². The topological polar surface area (TPSA) is 12.0 Å². The number of rotatable bonds is 6. The Morgan fingerprint density at radius 3 is 2.89 bits per heavy atom. The maximum absolute atomic E-state index is 3.69. The van der Waals surface area contributed by atoms with E-state index in [1.807, 2.05) is 11.3 Å². The first-order chi connectivity index (χ1) is 9.36. The third kappa shape index (κ3) is 3.01. The minimum atomic E-state index is 0.660. The van der Waals surface area contributed by atoms with Gasteiger partial charge in [-0.05, 0) is 47.7 Å². The average molecular weight is 273 g/mol. The van der Waals surface area contributed by atoms with Crippen molar-refractivity contribution in [2.45, 2.75) is 45.1 Å².